The molecule has 0 amide bonds. The molecule has 0 radical (unpaired) electrons. The summed E-state index contributed by atoms with van der Waals surface area (Å²) < 4.78 is 0. The maximum atomic E-state index is 11.2. The predicted octanol–water partition coefficient (Wildman–Crippen LogP) is 2.59. The highest BCUT2D eigenvalue weighted by Crippen LogP contribution is 2.61. The molecule has 1 heterocycles. The molecule has 3 atom stereocenters. The first kappa shape index (κ1) is 12.2. The number of aryl methyl sites for hydroxylation is 1. The lowest BCUT2D eigenvalue weighted by Gasteiger charge is -2.32. The summed E-state index contributed by atoms with van der Waals surface area (Å²) in [5.41, 5.74) is 2.12. The molecule has 18 heavy (non-hydrogen) atoms. The van der Waals surface area contributed by atoms with E-state index in [1.807, 2.05) is 12.1 Å². The maximum Gasteiger partial charge on any atom is 0.0910 e. The zero-order chi connectivity index (χ0) is 13.0. The Kier molecular flexibility index (Phi) is 2.43. The van der Waals surface area contributed by atoms with Crippen LogP contribution in [0.15, 0.2) is 24.3 Å². The van der Waals surface area contributed by atoms with E-state index in [4.69, 9.17) is 0 Å². The summed E-state index contributed by atoms with van der Waals surface area (Å²) in [6, 6.07) is 8.28. The van der Waals surface area contributed by atoms with Gasteiger partial charge in [-0.2, -0.15) is 0 Å². The Labute approximate surface area is 109 Å². The zero-order valence-electron chi connectivity index (χ0n) is 11.6. The van der Waals surface area contributed by atoms with E-state index in [9.17, 15) is 5.11 Å². The minimum Gasteiger partial charge on any atom is -0.385 e. The van der Waals surface area contributed by atoms with Gasteiger partial charge in [0.15, 0.2) is 0 Å². The first-order valence-electron chi connectivity index (χ1n) is 6.88. The van der Waals surface area contributed by atoms with Crippen LogP contribution < -0.4 is 5.32 Å². The molecule has 1 aliphatic carbocycles. The Hall–Kier alpha value is -0.860. The van der Waals surface area contributed by atoms with Gasteiger partial charge < -0.3 is 10.4 Å². The smallest absolute Gasteiger partial charge is 0.0910 e. The van der Waals surface area contributed by atoms with E-state index in [2.05, 4.69) is 38.2 Å². The van der Waals surface area contributed by atoms with E-state index in [0.29, 0.717) is 0 Å². The fourth-order valence-electron chi connectivity index (χ4n) is 4.23. The molecule has 1 saturated heterocycles. The van der Waals surface area contributed by atoms with Gasteiger partial charge in [-0.05, 0) is 41.7 Å². The molecule has 1 saturated carbocycles. The van der Waals surface area contributed by atoms with Crippen LogP contribution in [0, 0.1) is 17.8 Å². The fourth-order valence-corrected chi connectivity index (χ4v) is 4.23. The van der Waals surface area contributed by atoms with Crippen LogP contribution in [0.25, 0.3) is 0 Å². The van der Waals surface area contributed by atoms with E-state index >= 15 is 0 Å². The fraction of sp³-hybridized carbons (Fsp3) is 0.625. The molecule has 0 aromatic heterocycles. The number of aliphatic hydroxyl groups is 1. The molecule has 2 heteroatoms. The Morgan fingerprint density at radius 1 is 1.06 bits per heavy atom. The van der Waals surface area contributed by atoms with Gasteiger partial charge in [0.05, 0.1) is 5.60 Å². The van der Waals surface area contributed by atoms with Crippen LogP contribution in [0.1, 0.15) is 37.8 Å². The first-order valence-corrected chi connectivity index (χ1v) is 6.88. The highest BCUT2D eigenvalue weighted by molar-refractivity contribution is 5.34. The third-order valence-electron chi connectivity index (χ3n) is 5.50. The second-order valence-corrected chi connectivity index (χ2v) is 6.92. The van der Waals surface area contributed by atoms with Crippen molar-refractivity contribution < 1.29 is 5.11 Å². The van der Waals surface area contributed by atoms with Crippen molar-refractivity contribution in [2.45, 2.75) is 39.2 Å². The van der Waals surface area contributed by atoms with E-state index in [-0.39, 0.29) is 10.8 Å². The molecule has 1 aromatic carbocycles. The van der Waals surface area contributed by atoms with Crippen molar-refractivity contribution in [1.29, 1.82) is 0 Å². The second kappa shape index (κ2) is 3.58. The van der Waals surface area contributed by atoms with Crippen molar-refractivity contribution in [3.8, 4) is 0 Å². The first-order chi connectivity index (χ1) is 8.39. The van der Waals surface area contributed by atoms with Gasteiger partial charge >= 0.3 is 0 Å². The highest BCUT2D eigenvalue weighted by Gasteiger charge is 2.61. The van der Waals surface area contributed by atoms with Gasteiger partial charge in [-0.15, -0.1) is 0 Å². The third kappa shape index (κ3) is 1.49. The zero-order valence-corrected chi connectivity index (χ0v) is 11.6. The van der Waals surface area contributed by atoms with Crippen molar-refractivity contribution in [1.82, 2.24) is 5.32 Å². The van der Waals surface area contributed by atoms with Crippen molar-refractivity contribution in [3.63, 3.8) is 0 Å². The van der Waals surface area contributed by atoms with Gasteiger partial charge in [0.25, 0.3) is 0 Å². The van der Waals surface area contributed by atoms with Crippen LogP contribution in [-0.2, 0) is 5.60 Å². The quantitative estimate of drug-likeness (QED) is 0.797. The van der Waals surface area contributed by atoms with Crippen LogP contribution in [0.4, 0.5) is 0 Å². The van der Waals surface area contributed by atoms with E-state index in [0.717, 1.165) is 31.5 Å². The summed E-state index contributed by atoms with van der Waals surface area (Å²) in [5, 5.41) is 14.6. The summed E-state index contributed by atoms with van der Waals surface area (Å²) in [6.45, 7) is 8.80. The Bertz CT molecular complexity index is 466. The molecule has 0 spiro atoms. The van der Waals surface area contributed by atoms with Crippen LogP contribution >= 0.6 is 0 Å². The van der Waals surface area contributed by atoms with Crippen LogP contribution in [-0.4, -0.2) is 18.2 Å². The van der Waals surface area contributed by atoms with E-state index in [1.54, 1.807) is 0 Å². The average molecular weight is 245 g/mol. The predicted molar refractivity (Wildman–Crippen MR) is 73.4 cm³/mol. The molecule has 98 valence electrons. The third-order valence-corrected chi connectivity index (χ3v) is 5.50. The van der Waals surface area contributed by atoms with Crippen LogP contribution in [0.5, 0.6) is 0 Å². The summed E-state index contributed by atoms with van der Waals surface area (Å²) in [5.74, 6) is 0. The Morgan fingerprint density at radius 2 is 1.61 bits per heavy atom. The molecule has 3 rings (SSSR count). The number of hydrogen-bond donors (Lipinski definition) is 2. The van der Waals surface area contributed by atoms with Crippen LogP contribution in [0.3, 0.4) is 0 Å². The largest absolute Gasteiger partial charge is 0.385 e. The van der Waals surface area contributed by atoms with Gasteiger partial charge in [0.2, 0.25) is 0 Å². The SMILES string of the molecule is Cc1ccccc1[C@@]1(O)C[C@]2(C)CNC[C@]2(C)C1. The summed E-state index contributed by atoms with van der Waals surface area (Å²) in [6.07, 6.45) is 1.74. The number of nitrogens with one attached hydrogen (secondary N) is 1. The van der Waals surface area contributed by atoms with Crippen LogP contribution in [0.2, 0.25) is 0 Å². The van der Waals surface area contributed by atoms with Gasteiger partial charge in [-0.25, -0.2) is 0 Å². The average Bonchev–Trinajstić information content (AvgIpc) is 2.63. The van der Waals surface area contributed by atoms with Gasteiger partial charge in [0, 0.05) is 13.1 Å². The lowest BCUT2D eigenvalue weighted by Crippen LogP contribution is -2.30. The molecule has 2 N–H and O–H groups in total. The molecule has 0 bridgehead atoms. The van der Waals surface area contributed by atoms with Gasteiger partial charge in [0.1, 0.15) is 0 Å². The Balaban J connectivity index is 2.03. The molecule has 1 aliphatic heterocycles. The Morgan fingerprint density at radius 3 is 2.17 bits per heavy atom. The lowest BCUT2D eigenvalue weighted by atomic mass is 9.71. The van der Waals surface area contributed by atoms with Crippen molar-refractivity contribution in [3.05, 3.63) is 35.4 Å². The van der Waals surface area contributed by atoms with Crippen molar-refractivity contribution in [2.75, 3.05) is 13.1 Å². The molecule has 2 nitrogen and oxygen atoms in total. The molecular formula is C16H23NO. The topological polar surface area (TPSA) is 32.3 Å². The molecule has 2 aliphatic rings. The number of fused-ring (bicyclic) bond motifs is 1. The second-order valence-electron chi connectivity index (χ2n) is 6.92. The highest BCUT2D eigenvalue weighted by atomic mass is 16.3. The molecular weight excluding hydrogens is 222 g/mol. The standard InChI is InChI=1S/C16H23NO/c1-12-6-4-5-7-13(12)16(18)8-14(2)10-17-11-15(14,3)9-16/h4-7,17-18H,8-11H2,1-3H3/t14-,15+,16-. The molecule has 1 aromatic rings. The van der Waals surface area contributed by atoms with Crippen molar-refractivity contribution >= 4 is 0 Å². The van der Waals surface area contributed by atoms with Gasteiger partial charge in [-0.1, -0.05) is 38.1 Å². The lowest BCUT2D eigenvalue weighted by molar-refractivity contribution is 0.0272. The number of benzene rings is 1. The minimum absolute atomic E-state index is 0.212. The number of rotatable bonds is 1. The maximum absolute atomic E-state index is 11.2. The summed E-state index contributed by atoms with van der Waals surface area (Å²) >= 11 is 0. The molecule has 0 unspecified atom stereocenters. The summed E-state index contributed by atoms with van der Waals surface area (Å²) in [4.78, 5) is 0. The van der Waals surface area contributed by atoms with Gasteiger partial charge in [-0.3, -0.25) is 0 Å². The van der Waals surface area contributed by atoms with E-state index in [1.165, 1.54) is 5.56 Å². The molecule has 2 fully saturated rings. The minimum atomic E-state index is -0.642. The van der Waals surface area contributed by atoms with Crippen molar-refractivity contribution in [2.24, 2.45) is 10.8 Å². The monoisotopic (exact) mass is 245 g/mol. The van der Waals surface area contributed by atoms with E-state index < -0.39 is 5.60 Å². The normalized spacial score (nSPS) is 43.1. The number of hydrogen-bond acceptors (Lipinski definition) is 2. The summed E-state index contributed by atoms with van der Waals surface area (Å²) in [7, 11) is 0.